The highest BCUT2D eigenvalue weighted by Crippen LogP contribution is 2.25. The Morgan fingerprint density at radius 1 is 1.16 bits per heavy atom. The summed E-state index contributed by atoms with van der Waals surface area (Å²) in [5, 5.41) is 3.57. The average molecular weight is 401 g/mol. The molecule has 132 valence electrons. The van der Waals surface area contributed by atoms with Gasteiger partial charge in [0.2, 0.25) is 9.84 Å². The van der Waals surface area contributed by atoms with Gasteiger partial charge in [-0.25, -0.2) is 13.2 Å². The van der Waals surface area contributed by atoms with Crippen molar-refractivity contribution in [1.29, 1.82) is 0 Å². The summed E-state index contributed by atoms with van der Waals surface area (Å²) in [5.41, 5.74) is 2.71. The van der Waals surface area contributed by atoms with Crippen LogP contribution < -0.4 is 5.43 Å². The SMILES string of the molecule is CCOC(=O)C(=NNc1cc(Cl)ccc1Cl)S(=O)(=O)c1ccccc1. The van der Waals surface area contributed by atoms with Crippen molar-refractivity contribution in [2.24, 2.45) is 5.10 Å². The number of rotatable bonds is 4. The molecule has 0 saturated carbocycles. The highest BCUT2D eigenvalue weighted by atomic mass is 35.5. The number of anilines is 1. The minimum Gasteiger partial charge on any atom is -0.461 e. The number of carbonyl (C=O) groups excluding carboxylic acids is 1. The van der Waals surface area contributed by atoms with Crippen molar-refractivity contribution in [3.8, 4) is 0 Å². The molecule has 0 aliphatic rings. The lowest BCUT2D eigenvalue weighted by Crippen LogP contribution is -2.28. The first-order valence-electron chi connectivity index (χ1n) is 7.12. The molecular formula is C16H14Cl2N2O4S. The van der Waals surface area contributed by atoms with E-state index in [1.807, 2.05) is 0 Å². The Labute approximate surface area is 155 Å². The molecule has 0 amide bonds. The monoisotopic (exact) mass is 400 g/mol. The van der Waals surface area contributed by atoms with Gasteiger partial charge in [0.15, 0.2) is 0 Å². The van der Waals surface area contributed by atoms with E-state index in [0.29, 0.717) is 5.02 Å². The van der Waals surface area contributed by atoms with Crippen LogP contribution >= 0.6 is 23.2 Å². The lowest BCUT2D eigenvalue weighted by molar-refractivity contribution is -0.134. The van der Waals surface area contributed by atoms with E-state index >= 15 is 0 Å². The molecule has 6 nitrogen and oxygen atoms in total. The topological polar surface area (TPSA) is 84.8 Å². The van der Waals surface area contributed by atoms with Gasteiger partial charge in [-0.05, 0) is 37.3 Å². The maximum atomic E-state index is 12.7. The predicted molar refractivity (Wildman–Crippen MR) is 97.8 cm³/mol. The minimum atomic E-state index is -4.18. The highest BCUT2D eigenvalue weighted by molar-refractivity contribution is 8.08. The fraction of sp³-hybridized carbons (Fsp3) is 0.125. The maximum absolute atomic E-state index is 12.7. The van der Waals surface area contributed by atoms with E-state index < -0.39 is 20.9 Å². The van der Waals surface area contributed by atoms with Crippen LogP contribution in [0.15, 0.2) is 58.5 Å². The second-order valence-electron chi connectivity index (χ2n) is 4.69. The summed E-state index contributed by atoms with van der Waals surface area (Å²) in [6.07, 6.45) is 0. The molecule has 0 aliphatic heterocycles. The molecule has 9 heteroatoms. The van der Waals surface area contributed by atoms with Gasteiger partial charge in [-0.2, -0.15) is 5.10 Å². The summed E-state index contributed by atoms with van der Waals surface area (Å²) >= 11 is 11.9. The second-order valence-corrected chi connectivity index (χ2v) is 7.40. The molecule has 2 rings (SSSR count). The van der Waals surface area contributed by atoms with Crippen LogP contribution in [-0.4, -0.2) is 26.0 Å². The molecular weight excluding hydrogens is 387 g/mol. The molecule has 0 spiro atoms. The lowest BCUT2D eigenvalue weighted by Gasteiger charge is -2.09. The van der Waals surface area contributed by atoms with Gasteiger partial charge in [-0.3, -0.25) is 5.43 Å². The first kappa shape index (κ1) is 19.2. The third-order valence-corrected chi connectivity index (χ3v) is 5.19. The minimum absolute atomic E-state index is 0.0000837. The molecule has 0 fully saturated rings. The van der Waals surface area contributed by atoms with Crippen molar-refractivity contribution in [3.05, 3.63) is 58.6 Å². The molecule has 0 aromatic heterocycles. The largest absolute Gasteiger partial charge is 0.461 e. The standard InChI is InChI=1S/C16H14Cl2N2O4S/c1-2-24-16(21)15(25(22,23)12-6-4-3-5-7-12)20-19-14-10-11(17)8-9-13(14)18/h3-10,19H,2H2,1H3. The van der Waals surface area contributed by atoms with Crippen molar-refractivity contribution in [1.82, 2.24) is 0 Å². The maximum Gasteiger partial charge on any atom is 0.371 e. The number of sulfone groups is 1. The number of benzene rings is 2. The van der Waals surface area contributed by atoms with E-state index in [2.05, 4.69) is 10.5 Å². The quantitative estimate of drug-likeness (QED) is 0.365. The zero-order valence-corrected chi connectivity index (χ0v) is 15.4. The van der Waals surface area contributed by atoms with Crippen LogP contribution in [-0.2, 0) is 19.4 Å². The van der Waals surface area contributed by atoms with E-state index in [4.69, 9.17) is 27.9 Å². The van der Waals surface area contributed by atoms with Gasteiger partial charge in [0.1, 0.15) is 0 Å². The molecule has 0 radical (unpaired) electrons. The first-order chi connectivity index (χ1) is 11.9. The summed E-state index contributed by atoms with van der Waals surface area (Å²) in [4.78, 5) is 12.0. The Morgan fingerprint density at radius 2 is 1.84 bits per heavy atom. The summed E-state index contributed by atoms with van der Waals surface area (Å²) in [5.74, 6) is -1.07. The number of nitrogens with zero attached hydrogens (tertiary/aromatic N) is 1. The Morgan fingerprint density at radius 3 is 2.48 bits per heavy atom. The molecule has 0 heterocycles. The van der Waals surface area contributed by atoms with Crippen LogP contribution in [0.25, 0.3) is 0 Å². The number of carbonyl (C=O) groups is 1. The van der Waals surface area contributed by atoms with Crippen molar-refractivity contribution in [2.45, 2.75) is 11.8 Å². The number of nitrogens with one attached hydrogen (secondary N) is 1. The summed E-state index contributed by atoms with van der Waals surface area (Å²) in [6, 6.07) is 12.0. The van der Waals surface area contributed by atoms with E-state index in [1.165, 1.54) is 36.4 Å². The third kappa shape index (κ3) is 4.72. The van der Waals surface area contributed by atoms with Crippen LogP contribution in [0.5, 0.6) is 0 Å². The molecule has 0 unspecified atom stereocenters. The normalized spacial score (nSPS) is 11.9. The molecule has 1 N–H and O–H groups in total. The molecule has 0 bridgehead atoms. The zero-order chi connectivity index (χ0) is 18.4. The van der Waals surface area contributed by atoms with Gasteiger partial charge >= 0.3 is 5.97 Å². The molecule has 0 aliphatic carbocycles. The molecule has 2 aromatic carbocycles. The van der Waals surface area contributed by atoms with Gasteiger partial charge < -0.3 is 4.74 Å². The van der Waals surface area contributed by atoms with Gasteiger partial charge in [-0.1, -0.05) is 41.4 Å². The number of halogens is 2. The second kappa shape index (κ2) is 8.33. The summed E-state index contributed by atoms with van der Waals surface area (Å²) < 4.78 is 30.2. The van der Waals surface area contributed by atoms with E-state index in [9.17, 15) is 13.2 Å². The Hall–Kier alpha value is -2.09. The van der Waals surface area contributed by atoms with Crippen molar-refractivity contribution >= 4 is 49.7 Å². The zero-order valence-electron chi connectivity index (χ0n) is 13.1. The highest BCUT2D eigenvalue weighted by Gasteiger charge is 2.30. The lowest BCUT2D eigenvalue weighted by atomic mass is 10.3. The fourth-order valence-corrected chi connectivity index (χ4v) is 3.33. The van der Waals surface area contributed by atoms with Gasteiger partial charge in [0.25, 0.3) is 5.04 Å². The first-order valence-corrected chi connectivity index (χ1v) is 9.36. The fourth-order valence-electron chi connectivity index (χ4n) is 1.81. The number of hydrogen-bond acceptors (Lipinski definition) is 6. The Kier molecular flexibility index (Phi) is 6.41. The van der Waals surface area contributed by atoms with Crippen molar-refractivity contribution < 1.29 is 17.9 Å². The van der Waals surface area contributed by atoms with Crippen LogP contribution in [0.2, 0.25) is 10.0 Å². The van der Waals surface area contributed by atoms with Gasteiger partial charge in [-0.15, -0.1) is 0 Å². The van der Waals surface area contributed by atoms with E-state index in [-0.39, 0.29) is 22.2 Å². The van der Waals surface area contributed by atoms with Gasteiger partial charge in [0, 0.05) is 5.02 Å². The third-order valence-electron chi connectivity index (χ3n) is 2.96. The Bertz CT molecular complexity index is 900. The van der Waals surface area contributed by atoms with E-state index in [1.54, 1.807) is 19.1 Å². The molecule has 25 heavy (non-hydrogen) atoms. The summed E-state index contributed by atoms with van der Waals surface area (Å²) in [6.45, 7) is 1.56. The molecule has 0 saturated heterocycles. The molecule has 0 atom stereocenters. The molecule has 2 aromatic rings. The summed E-state index contributed by atoms with van der Waals surface area (Å²) in [7, 11) is -4.18. The Balaban J connectivity index is 2.46. The average Bonchev–Trinajstić information content (AvgIpc) is 2.59. The van der Waals surface area contributed by atoms with Crippen LogP contribution in [0.1, 0.15) is 6.92 Å². The van der Waals surface area contributed by atoms with Crippen LogP contribution in [0.4, 0.5) is 5.69 Å². The van der Waals surface area contributed by atoms with Crippen molar-refractivity contribution in [3.63, 3.8) is 0 Å². The van der Waals surface area contributed by atoms with Crippen molar-refractivity contribution in [2.75, 3.05) is 12.0 Å². The van der Waals surface area contributed by atoms with Crippen LogP contribution in [0.3, 0.4) is 0 Å². The number of esters is 1. The number of ether oxygens (including phenoxy) is 1. The number of hydrogen-bond donors (Lipinski definition) is 1. The van der Waals surface area contributed by atoms with Crippen LogP contribution in [0, 0.1) is 0 Å². The number of hydrazone groups is 1. The predicted octanol–water partition coefficient (Wildman–Crippen LogP) is 3.76. The smallest absolute Gasteiger partial charge is 0.371 e. The van der Waals surface area contributed by atoms with E-state index in [0.717, 1.165) is 0 Å². The van der Waals surface area contributed by atoms with Gasteiger partial charge in [0.05, 0.1) is 22.2 Å².